The minimum Gasteiger partial charge on any atom is -0.404 e. The smallest absolute Gasteiger partial charge is 0.404 e. The molecule has 4 rings (SSSR count). The van der Waals surface area contributed by atoms with Gasteiger partial charge in [-0.05, 0) is 54.5 Å². The lowest BCUT2D eigenvalue weighted by molar-refractivity contribution is -0.202. The summed E-state index contributed by atoms with van der Waals surface area (Å²) in [5.41, 5.74) is 5.96. The average molecular weight is 595 g/mol. The van der Waals surface area contributed by atoms with Gasteiger partial charge in [-0.25, -0.2) is 24.1 Å². The molecule has 0 spiro atoms. The lowest BCUT2D eigenvalue weighted by Gasteiger charge is -2.39. The summed E-state index contributed by atoms with van der Waals surface area (Å²) in [5.74, 6) is 0.560. The molecule has 40 heavy (non-hydrogen) atoms. The second kappa shape index (κ2) is 10.8. The van der Waals surface area contributed by atoms with Crippen LogP contribution in [0.3, 0.4) is 0 Å². The highest BCUT2D eigenvalue weighted by molar-refractivity contribution is 6.74. The first kappa shape index (κ1) is 29.5. The molecular weight excluding hydrogens is 565 g/mol. The molecule has 15 heteroatoms. The van der Waals surface area contributed by atoms with E-state index < -0.39 is 37.9 Å². The Morgan fingerprint density at radius 1 is 1.07 bits per heavy atom. The van der Waals surface area contributed by atoms with Gasteiger partial charge in [-0.1, -0.05) is 32.4 Å². The Morgan fingerprint density at radius 2 is 1.75 bits per heavy atom. The maximum absolute atomic E-state index is 14.3. The van der Waals surface area contributed by atoms with Crippen LogP contribution in [-0.2, 0) is 17.5 Å². The molecule has 10 nitrogen and oxygen atoms in total. The summed E-state index contributed by atoms with van der Waals surface area (Å²) >= 11 is 6.01. The van der Waals surface area contributed by atoms with Gasteiger partial charge in [0, 0.05) is 16.8 Å². The van der Waals surface area contributed by atoms with Gasteiger partial charge in [0.05, 0.1) is 12.2 Å². The summed E-state index contributed by atoms with van der Waals surface area (Å²) in [5, 5.41) is 8.63. The standard InChI is InChI=1S/C25H30ClF3N8O2Si/c1-24(2,3)40(4,5)39-19(25(27,28)29)13-35-21(16-8-10-17(26)11-9-16)34-36(23(35)38)14-20-32-15-37(33-20)22-18(30)7-6-12-31-22/h6-12,15,19H,13-14,30H2,1-5H3. The van der Waals surface area contributed by atoms with Crippen molar-refractivity contribution < 1.29 is 17.6 Å². The summed E-state index contributed by atoms with van der Waals surface area (Å²) in [4.78, 5) is 21.9. The van der Waals surface area contributed by atoms with Gasteiger partial charge < -0.3 is 10.2 Å². The Bertz CT molecular complexity index is 1540. The van der Waals surface area contributed by atoms with Crippen LogP contribution >= 0.6 is 11.6 Å². The third-order valence-corrected chi connectivity index (χ3v) is 11.6. The molecule has 0 fully saturated rings. The second-order valence-corrected chi connectivity index (χ2v) is 16.0. The van der Waals surface area contributed by atoms with Crippen LogP contribution < -0.4 is 11.4 Å². The van der Waals surface area contributed by atoms with Crippen molar-refractivity contribution in [3.8, 4) is 17.2 Å². The van der Waals surface area contributed by atoms with Crippen molar-refractivity contribution in [2.24, 2.45) is 0 Å². The molecule has 0 aliphatic rings. The van der Waals surface area contributed by atoms with Crippen molar-refractivity contribution in [2.75, 3.05) is 5.73 Å². The molecule has 0 radical (unpaired) electrons. The molecule has 2 N–H and O–H groups in total. The summed E-state index contributed by atoms with van der Waals surface area (Å²) in [7, 11) is -2.86. The maximum atomic E-state index is 14.3. The minimum atomic E-state index is -4.72. The van der Waals surface area contributed by atoms with Crippen LogP contribution in [0.25, 0.3) is 17.2 Å². The molecule has 4 aromatic rings. The Hall–Kier alpha value is -3.49. The van der Waals surface area contributed by atoms with Crippen LogP contribution in [0.4, 0.5) is 18.9 Å². The quantitative estimate of drug-likeness (QED) is 0.287. The molecular formula is C25H30ClF3N8O2Si. The van der Waals surface area contributed by atoms with Crippen LogP contribution in [0.15, 0.2) is 53.7 Å². The van der Waals surface area contributed by atoms with E-state index in [1.54, 1.807) is 55.7 Å². The van der Waals surface area contributed by atoms with E-state index in [2.05, 4.69) is 20.2 Å². The number of alkyl halides is 3. The molecule has 214 valence electrons. The molecule has 0 aliphatic heterocycles. The molecule has 0 bridgehead atoms. The van der Waals surface area contributed by atoms with Gasteiger partial charge >= 0.3 is 11.9 Å². The van der Waals surface area contributed by atoms with E-state index in [1.165, 1.54) is 11.0 Å². The first-order valence-corrected chi connectivity index (χ1v) is 15.6. The number of hydrogen-bond acceptors (Lipinski definition) is 7. The van der Waals surface area contributed by atoms with Crippen LogP contribution in [0, 0.1) is 0 Å². The lowest BCUT2D eigenvalue weighted by atomic mass is 10.2. The summed E-state index contributed by atoms with van der Waals surface area (Å²) in [6.07, 6.45) is -4.03. The molecule has 1 unspecified atom stereocenters. The van der Waals surface area contributed by atoms with Crippen molar-refractivity contribution in [1.29, 1.82) is 0 Å². The van der Waals surface area contributed by atoms with E-state index in [1.807, 2.05) is 20.8 Å². The van der Waals surface area contributed by atoms with Gasteiger partial charge in [0.2, 0.25) is 0 Å². The third-order valence-electron chi connectivity index (χ3n) is 6.85. The SMILES string of the molecule is CC(C)(C)[Si](C)(C)OC(Cn1c(-c2ccc(Cl)cc2)nn(Cc2ncn(-c3ncccc3N)n2)c1=O)C(F)(F)F. The van der Waals surface area contributed by atoms with Crippen molar-refractivity contribution in [3.63, 3.8) is 0 Å². The van der Waals surface area contributed by atoms with E-state index in [9.17, 15) is 18.0 Å². The first-order valence-electron chi connectivity index (χ1n) is 12.4. The summed E-state index contributed by atoms with van der Waals surface area (Å²) < 4.78 is 52.0. The van der Waals surface area contributed by atoms with Crippen LogP contribution in [0.5, 0.6) is 0 Å². The Kier molecular flexibility index (Phi) is 7.98. The maximum Gasteiger partial charge on any atom is 0.415 e. The monoisotopic (exact) mass is 594 g/mol. The van der Waals surface area contributed by atoms with Gasteiger partial charge in [-0.3, -0.25) is 4.57 Å². The van der Waals surface area contributed by atoms with Gasteiger partial charge in [0.25, 0.3) is 0 Å². The Balaban J connectivity index is 1.74. The molecule has 3 aromatic heterocycles. The minimum absolute atomic E-state index is 0.0307. The zero-order valence-electron chi connectivity index (χ0n) is 22.6. The number of hydrogen-bond donors (Lipinski definition) is 1. The van der Waals surface area contributed by atoms with Gasteiger partial charge in [-0.2, -0.15) is 13.2 Å². The Labute approximate surface area is 234 Å². The van der Waals surface area contributed by atoms with E-state index >= 15 is 0 Å². The number of nitrogen functional groups attached to an aromatic ring is 1. The second-order valence-electron chi connectivity index (χ2n) is 10.8. The number of nitrogens with zero attached hydrogens (tertiary/aromatic N) is 7. The lowest BCUT2D eigenvalue weighted by Crippen LogP contribution is -2.50. The van der Waals surface area contributed by atoms with E-state index in [0.29, 0.717) is 22.1 Å². The van der Waals surface area contributed by atoms with Crippen LogP contribution in [0.2, 0.25) is 23.2 Å². The normalized spacial score (nSPS) is 13.5. The van der Waals surface area contributed by atoms with E-state index in [4.69, 9.17) is 21.8 Å². The van der Waals surface area contributed by atoms with Crippen molar-refractivity contribution in [1.82, 2.24) is 34.1 Å². The fourth-order valence-corrected chi connectivity index (χ4v) is 5.03. The summed E-state index contributed by atoms with van der Waals surface area (Å²) in [6.45, 7) is 8.02. The first-order chi connectivity index (χ1) is 18.6. The van der Waals surface area contributed by atoms with Gasteiger partial charge in [-0.15, -0.1) is 10.2 Å². The van der Waals surface area contributed by atoms with E-state index in [0.717, 1.165) is 9.25 Å². The third kappa shape index (κ3) is 6.29. The molecule has 1 aromatic carbocycles. The largest absolute Gasteiger partial charge is 0.415 e. The number of halogens is 4. The topological polar surface area (TPSA) is 119 Å². The highest BCUT2D eigenvalue weighted by Gasteiger charge is 2.48. The zero-order valence-corrected chi connectivity index (χ0v) is 24.4. The van der Waals surface area contributed by atoms with Gasteiger partial charge in [0.15, 0.2) is 31.9 Å². The molecule has 0 saturated heterocycles. The van der Waals surface area contributed by atoms with E-state index in [-0.39, 0.29) is 18.2 Å². The fourth-order valence-electron chi connectivity index (χ4n) is 3.63. The molecule has 0 aliphatic carbocycles. The molecule has 0 saturated carbocycles. The highest BCUT2D eigenvalue weighted by Crippen LogP contribution is 2.40. The number of anilines is 1. The summed E-state index contributed by atoms with van der Waals surface area (Å²) in [6, 6.07) is 9.62. The van der Waals surface area contributed by atoms with Crippen LogP contribution in [0.1, 0.15) is 26.6 Å². The fraction of sp³-hybridized carbons (Fsp3) is 0.400. The number of nitrogens with two attached hydrogens (primary N) is 1. The molecule has 0 amide bonds. The molecule has 3 heterocycles. The highest BCUT2D eigenvalue weighted by atomic mass is 35.5. The predicted molar refractivity (Wildman–Crippen MR) is 148 cm³/mol. The van der Waals surface area contributed by atoms with Crippen molar-refractivity contribution in [2.45, 2.75) is 64.3 Å². The number of pyridine rings is 1. The molecule has 1 atom stereocenters. The number of benzene rings is 1. The predicted octanol–water partition coefficient (Wildman–Crippen LogP) is 4.92. The zero-order chi connectivity index (χ0) is 29.5. The average Bonchev–Trinajstić information content (AvgIpc) is 3.43. The van der Waals surface area contributed by atoms with Crippen molar-refractivity contribution in [3.05, 3.63) is 70.3 Å². The Morgan fingerprint density at radius 3 is 2.35 bits per heavy atom. The number of rotatable bonds is 8. The van der Waals surface area contributed by atoms with Gasteiger partial charge in [0.1, 0.15) is 12.9 Å². The van der Waals surface area contributed by atoms with Crippen LogP contribution in [-0.4, -0.2) is 54.7 Å². The number of aromatic nitrogens is 7. The van der Waals surface area contributed by atoms with Crippen molar-refractivity contribution >= 4 is 25.6 Å².